The molecule has 0 amide bonds. The Bertz CT molecular complexity index is 561. The molecule has 0 aliphatic heterocycles. The van der Waals surface area contributed by atoms with Crippen molar-refractivity contribution in [1.82, 2.24) is 0 Å². The van der Waals surface area contributed by atoms with Gasteiger partial charge in [-0.1, -0.05) is 12.1 Å². The molecule has 0 saturated heterocycles. The molecule has 0 bridgehead atoms. The van der Waals surface area contributed by atoms with Crippen molar-refractivity contribution in [2.45, 2.75) is 27.3 Å². The van der Waals surface area contributed by atoms with E-state index >= 15 is 0 Å². The molecule has 0 spiro atoms. The maximum Gasteiger partial charge on any atom is 0.123 e. The zero-order valence-corrected chi connectivity index (χ0v) is 11.0. The van der Waals surface area contributed by atoms with Crippen molar-refractivity contribution in [1.29, 1.82) is 0 Å². The largest absolute Gasteiger partial charge is 0.381 e. The lowest BCUT2D eigenvalue weighted by Gasteiger charge is -2.10. The number of aryl methyl sites for hydroxylation is 3. The summed E-state index contributed by atoms with van der Waals surface area (Å²) in [4.78, 5) is 0. The van der Waals surface area contributed by atoms with Crippen LogP contribution in [0.25, 0.3) is 0 Å². The van der Waals surface area contributed by atoms with Crippen LogP contribution in [0.3, 0.4) is 0 Å². The summed E-state index contributed by atoms with van der Waals surface area (Å²) in [5, 5.41) is 3.37. The van der Waals surface area contributed by atoms with Crippen LogP contribution in [-0.4, -0.2) is 0 Å². The van der Waals surface area contributed by atoms with Crippen LogP contribution in [0.1, 0.15) is 22.3 Å². The van der Waals surface area contributed by atoms with E-state index in [1.165, 1.54) is 17.2 Å². The van der Waals surface area contributed by atoms with Crippen molar-refractivity contribution in [2.75, 3.05) is 5.32 Å². The molecule has 94 valence electrons. The highest BCUT2D eigenvalue weighted by atomic mass is 19.1. The van der Waals surface area contributed by atoms with Crippen molar-refractivity contribution in [3.63, 3.8) is 0 Å². The second-order valence-corrected chi connectivity index (χ2v) is 4.72. The molecule has 0 radical (unpaired) electrons. The first kappa shape index (κ1) is 12.6. The fourth-order valence-corrected chi connectivity index (χ4v) is 1.91. The van der Waals surface area contributed by atoms with E-state index in [2.05, 4.69) is 37.4 Å². The first-order valence-electron chi connectivity index (χ1n) is 6.12. The average molecular weight is 243 g/mol. The van der Waals surface area contributed by atoms with Crippen LogP contribution in [0.4, 0.5) is 10.1 Å². The van der Waals surface area contributed by atoms with Crippen LogP contribution in [0.5, 0.6) is 0 Å². The highest BCUT2D eigenvalue weighted by molar-refractivity contribution is 5.48. The quantitative estimate of drug-likeness (QED) is 0.844. The zero-order chi connectivity index (χ0) is 13.1. The van der Waals surface area contributed by atoms with Gasteiger partial charge in [-0.05, 0) is 67.3 Å². The topological polar surface area (TPSA) is 12.0 Å². The fourth-order valence-electron chi connectivity index (χ4n) is 1.91. The van der Waals surface area contributed by atoms with Crippen LogP contribution >= 0.6 is 0 Å². The van der Waals surface area contributed by atoms with E-state index in [1.807, 2.05) is 13.0 Å². The normalized spacial score (nSPS) is 10.4. The van der Waals surface area contributed by atoms with E-state index in [9.17, 15) is 4.39 Å². The van der Waals surface area contributed by atoms with Crippen molar-refractivity contribution < 1.29 is 4.39 Å². The summed E-state index contributed by atoms with van der Waals surface area (Å²) in [5.74, 6) is -0.178. The third-order valence-electron chi connectivity index (χ3n) is 3.29. The maximum atomic E-state index is 13.0. The smallest absolute Gasteiger partial charge is 0.123 e. The Balaban J connectivity index is 2.09. The number of hydrogen-bond acceptors (Lipinski definition) is 1. The van der Waals surface area contributed by atoms with Crippen molar-refractivity contribution in [3.05, 3.63) is 64.5 Å². The van der Waals surface area contributed by atoms with Gasteiger partial charge in [0.05, 0.1) is 0 Å². The van der Waals surface area contributed by atoms with Crippen molar-refractivity contribution >= 4 is 5.69 Å². The number of rotatable bonds is 3. The van der Waals surface area contributed by atoms with Gasteiger partial charge in [0.1, 0.15) is 5.82 Å². The van der Waals surface area contributed by atoms with Crippen molar-refractivity contribution in [2.24, 2.45) is 0 Å². The van der Waals surface area contributed by atoms with E-state index < -0.39 is 0 Å². The monoisotopic (exact) mass is 243 g/mol. The van der Waals surface area contributed by atoms with E-state index in [0.29, 0.717) is 6.54 Å². The molecule has 1 N–H and O–H groups in total. The van der Waals surface area contributed by atoms with Gasteiger partial charge in [-0.3, -0.25) is 0 Å². The molecule has 2 aromatic carbocycles. The molecule has 1 nitrogen and oxygen atoms in total. The van der Waals surface area contributed by atoms with Crippen LogP contribution in [-0.2, 0) is 6.54 Å². The van der Waals surface area contributed by atoms with Gasteiger partial charge in [0.15, 0.2) is 0 Å². The van der Waals surface area contributed by atoms with Crippen molar-refractivity contribution in [3.8, 4) is 0 Å². The molecule has 0 unspecified atom stereocenters. The van der Waals surface area contributed by atoms with Gasteiger partial charge in [0.2, 0.25) is 0 Å². The van der Waals surface area contributed by atoms with Crippen LogP contribution in [0.2, 0.25) is 0 Å². The SMILES string of the molecule is Cc1ccc(NCc2ccc(F)cc2C)cc1C. The summed E-state index contributed by atoms with van der Waals surface area (Å²) in [6.45, 7) is 6.85. The minimum absolute atomic E-state index is 0.178. The number of benzene rings is 2. The van der Waals surface area contributed by atoms with E-state index in [4.69, 9.17) is 0 Å². The summed E-state index contributed by atoms with van der Waals surface area (Å²) in [6.07, 6.45) is 0. The molecule has 0 saturated carbocycles. The Morgan fingerprint density at radius 1 is 0.889 bits per heavy atom. The minimum Gasteiger partial charge on any atom is -0.381 e. The molecular weight excluding hydrogens is 225 g/mol. The average Bonchev–Trinajstić information content (AvgIpc) is 2.32. The number of halogens is 1. The van der Waals surface area contributed by atoms with Crippen LogP contribution in [0.15, 0.2) is 36.4 Å². The lowest BCUT2D eigenvalue weighted by Crippen LogP contribution is -2.02. The third kappa shape index (κ3) is 2.89. The Kier molecular flexibility index (Phi) is 3.66. The number of hydrogen-bond donors (Lipinski definition) is 1. The van der Waals surface area contributed by atoms with Gasteiger partial charge in [-0.15, -0.1) is 0 Å². The summed E-state index contributed by atoms with van der Waals surface area (Å²) < 4.78 is 13.0. The van der Waals surface area contributed by atoms with E-state index in [-0.39, 0.29) is 5.82 Å². The number of anilines is 1. The second-order valence-electron chi connectivity index (χ2n) is 4.72. The molecule has 2 heteroatoms. The Labute approximate surface area is 108 Å². The lowest BCUT2D eigenvalue weighted by molar-refractivity contribution is 0.625. The molecule has 0 aliphatic rings. The predicted octanol–water partition coefficient (Wildman–Crippen LogP) is 4.36. The lowest BCUT2D eigenvalue weighted by atomic mass is 10.1. The molecule has 0 aromatic heterocycles. The first-order chi connectivity index (χ1) is 8.56. The highest BCUT2D eigenvalue weighted by Gasteiger charge is 2.01. The summed E-state index contributed by atoms with van der Waals surface area (Å²) in [7, 11) is 0. The van der Waals surface area contributed by atoms with Gasteiger partial charge in [-0.2, -0.15) is 0 Å². The zero-order valence-electron chi connectivity index (χ0n) is 11.0. The summed E-state index contributed by atoms with van der Waals surface area (Å²) >= 11 is 0. The van der Waals surface area contributed by atoms with Gasteiger partial charge >= 0.3 is 0 Å². The maximum absolute atomic E-state index is 13.0. The molecule has 2 aromatic rings. The van der Waals surface area contributed by atoms with Gasteiger partial charge in [-0.25, -0.2) is 4.39 Å². The van der Waals surface area contributed by atoms with Crippen LogP contribution in [0, 0.1) is 26.6 Å². The summed E-state index contributed by atoms with van der Waals surface area (Å²) in [6, 6.07) is 11.2. The molecular formula is C16H18FN. The molecule has 0 heterocycles. The first-order valence-corrected chi connectivity index (χ1v) is 6.12. The second kappa shape index (κ2) is 5.21. The Hall–Kier alpha value is -1.83. The Morgan fingerprint density at radius 3 is 2.33 bits per heavy atom. The third-order valence-corrected chi connectivity index (χ3v) is 3.29. The number of nitrogens with one attached hydrogen (secondary N) is 1. The molecule has 0 atom stereocenters. The minimum atomic E-state index is -0.178. The van der Waals surface area contributed by atoms with E-state index in [0.717, 1.165) is 16.8 Å². The summed E-state index contributed by atoms with van der Waals surface area (Å²) in [5.41, 5.74) is 5.76. The van der Waals surface area contributed by atoms with Crippen LogP contribution < -0.4 is 5.32 Å². The molecule has 0 fully saturated rings. The molecule has 18 heavy (non-hydrogen) atoms. The van der Waals surface area contributed by atoms with E-state index in [1.54, 1.807) is 6.07 Å². The Morgan fingerprint density at radius 2 is 1.67 bits per heavy atom. The molecule has 2 rings (SSSR count). The fraction of sp³-hybridized carbons (Fsp3) is 0.250. The van der Waals surface area contributed by atoms with Gasteiger partial charge < -0.3 is 5.32 Å². The highest BCUT2D eigenvalue weighted by Crippen LogP contribution is 2.16. The standard InChI is InChI=1S/C16H18FN/c1-11-4-7-16(9-12(11)2)18-10-14-5-6-15(17)8-13(14)3/h4-9,18H,10H2,1-3H3. The molecule has 0 aliphatic carbocycles. The van der Waals surface area contributed by atoms with Gasteiger partial charge in [0, 0.05) is 12.2 Å². The predicted molar refractivity (Wildman–Crippen MR) is 74.4 cm³/mol. The van der Waals surface area contributed by atoms with Gasteiger partial charge in [0.25, 0.3) is 0 Å².